The van der Waals surface area contributed by atoms with Gasteiger partial charge in [0.2, 0.25) is 0 Å². The van der Waals surface area contributed by atoms with Crippen molar-refractivity contribution in [3.05, 3.63) is 57.6 Å². The molecule has 0 radical (unpaired) electrons. The second-order valence-electron chi connectivity index (χ2n) is 7.27. The molecule has 1 fully saturated rings. The van der Waals surface area contributed by atoms with E-state index in [0.717, 1.165) is 43.7 Å². The van der Waals surface area contributed by atoms with Crippen LogP contribution in [-0.2, 0) is 16.3 Å². The summed E-state index contributed by atoms with van der Waals surface area (Å²) >= 11 is 12.8. The zero-order chi connectivity index (χ0) is 19.9. The van der Waals surface area contributed by atoms with Crippen molar-refractivity contribution < 1.29 is 13.2 Å². The van der Waals surface area contributed by atoms with E-state index in [-0.39, 0.29) is 17.0 Å². The number of para-hydroxylation sites is 1. The lowest BCUT2D eigenvalue weighted by Crippen LogP contribution is -2.50. The van der Waals surface area contributed by atoms with Crippen molar-refractivity contribution in [2.24, 2.45) is 0 Å². The lowest BCUT2D eigenvalue weighted by Gasteiger charge is -2.36. The molecular weight excluding hydrogens is 419 g/mol. The fourth-order valence-corrected chi connectivity index (χ4v) is 5.48. The first-order valence-electron chi connectivity index (χ1n) is 9.23. The molecule has 2 aliphatic rings. The molecule has 150 valence electrons. The molecule has 28 heavy (non-hydrogen) atoms. The van der Waals surface area contributed by atoms with Crippen molar-refractivity contribution in [1.82, 2.24) is 10.2 Å². The van der Waals surface area contributed by atoms with Gasteiger partial charge in [0.05, 0.1) is 6.04 Å². The molecule has 2 aromatic carbocycles. The minimum absolute atomic E-state index is 0.0701. The van der Waals surface area contributed by atoms with E-state index in [0.29, 0.717) is 15.8 Å². The van der Waals surface area contributed by atoms with E-state index in [2.05, 4.69) is 10.2 Å². The van der Waals surface area contributed by atoms with E-state index in [1.807, 2.05) is 6.07 Å². The molecule has 0 unspecified atom stereocenters. The summed E-state index contributed by atoms with van der Waals surface area (Å²) in [6.07, 6.45) is 1.60. The number of halogens is 2. The van der Waals surface area contributed by atoms with Crippen molar-refractivity contribution in [2.75, 3.05) is 32.4 Å². The molecule has 1 aliphatic heterocycles. The van der Waals surface area contributed by atoms with Crippen LogP contribution in [-0.4, -0.2) is 51.8 Å². The quantitative estimate of drug-likeness (QED) is 0.789. The minimum Gasteiger partial charge on any atom is -0.483 e. The van der Waals surface area contributed by atoms with Gasteiger partial charge in [0.15, 0.2) is 9.84 Å². The van der Waals surface area contributed by atoms with Gasteiger partial charge in [-0.3, -0.25) is 4.90 Å². The van der Waals surface area contributed by atoms with Crippen LogP contribution in [0.15, 0.2) is 41.3 Å². The van der Waals surface area contributed by atoms with Crippen molar-refractivity contribution in [1.29, 1.82) is 0 Å². The molecule has 1 aliphatic carbocycles. The molecule has 0 saturated carbocycles. The highest BCUT2D eigenvalue weighted by Crippen LogP contribution is 2.43. The minimum atomic E-state index is -3.41. The van der Waals surface area contributed by atoms with E-state index in [1.54, 1.807) is 30.3 Å². The van der Waals surface area contributed by atoms with Gasteiger partial charge < -0.3 is 10.1 Å². The SMILES string of the molecule is CS(=O)(=O)c1ccccc1O[C@@H]1c2cc(Cl)cc(Cl)c2C[C@@H]1N1CCNCC1. The third-order valence-electron chi connectivity index (χ3n) is 5.39. The predicted molar refractivity (Wildman–Crippen MR) is 111 cm³/mol. The Morgan fingerprint density at radius 1 is 1.14 bits per heavy atom. The molecule has 5 nitrogen and oxygen atoms in total. The topological polar surface area (TPSA) is 58.6 Å². The fraction of sp³-hybridized carbons (Fsp3) is 0.400. The Morgan fingerprint density at radius 2 is 1.86 bits per heavy atom. The summed E-state index contributed by atoms with van der Waals surface area (Å²) in [6, 6.07) is 10.5. The van der Waals surface area contributed by atoms with Crippen LogP contribution in [0.3, 0.4) is 0 Å². The van der Waals surface area contributed by atoms with Crippen LogP contribution in [0.25, 0.3) is 0 Å². The summed E-state index contributed by atoms with van der Waals surface area (Å²) < 4.78 is 30.8. The second-order valence-corrected chi connectivity index (χ2v) is 10.1. The maximum absolute atomic E-state index is 12.2. The Balaban J connectivity index is 1.76. The molecule has 1 saturated heterocycles. The normalized spacial score (nSPS) is 22.8. The van der Waals surface area contributed by atoms with Crippen molar-refractivity contribution in [3.63, 3.8) is 0 Å². The largest absolute Gasteiger partial charge is 0.483 e. The van der Waals surface area contributed by atoms with E-state index < -0.39 is 9.84 Å². The van der Waals surface area contributed by atoms with Crippen LogP contribution >= 0.6 is 23.2 Å². The van der Waals surface area contributed by atoms with Gasteiger partial charge in [-0.1, -0.05) is 35.3 Å². The molecule has 2 aromatic rings. The summed E-state index contributed by atoms with van der Waals surface area (Å²) in [5.41, 5.74) is 1.96. The van der Waals surface area contributed by atoms with Gasteiger partial charge in [-0.05, 0) is 36.2 Å². The Labute approximate surface area is 175 Å². The summed E-state index contributed by atoms with van der Waals surface area (Å²) in [5.74, 6) is 0.360. The van der Waals surface area contributed by atoms with Gasteiger partial charge in [0.1, 0.15) is 16.7 Å². The number of fused-ring (bicyclic) bond motifs is 1. The first-order chi connectivity index (χ1) is 13.3. The molecule has 0 amide bonds. The molecule has 1 N–H and O–H groups in total. The van der Waals surface area contributed by atoms with Gasteiger partial charge in [0.25, 0.3) is 0 Å². The van der Waals surface area contributed by atoms with Crippen LogP contribution in [0.1, 0.15) is 17.2 Å². The lowest BCUT2D eigenvalue weighted by molar-refractivity contribution is 0.0675. The van der Waals surface area contributed by atoms with Gasteiger partial charge in [-0.25, -0.2) is 8.42 Å². The highest BCUT2D eigenvalue weighted by atomic mass is 35.5. The average Bonchev–Trinajstić information content (AvgIpc) is 3.01. The summed E-state index contributed by atoms with van der Waals surface area (Å²) in [4.78, 5) is 2.57. The molecule has 0 bridgehead atoms. The summed E-state index contributed by atoms with van der Waals surface area (Å²) in [7, 11) is -3.41. The zero-order valence-corrected chi connectivity index (χ0v) is 17.8. The number of sulfone groups is 1. The standard InChI is InChI=1S/C20H22Cl2N2O3S/c1-28(25,26)19-5-3-2-4-18(19)27-20-15-10-13(21)11-16(22)14(15)12-17(20)24-8-6-23-7-9-24/h2-5,10-11,17,20,23H,6-9,12H2,1H3/t17-,20+/m0/s1. The fourth-order valence-electron chi connectivity index (χ4n) is 4.08. The van der Waals surface area contributed by atoms with Gasteiger partial charge in [-0.2, -0.15) is 0 Å². The van der Waals surface area contributed by atoms with Crippen LogP contribution < -0.4 is 10.1 Å². The van der Waals surface area contributed by atoms with Gasteiger partial charge in [0, 0.05) is 48.0 Å². The van der Waals surface area contributed by atoms with Crippen molar-refractivity contribution in [3.8, 4) is 5.75 Å². The number of ether oxygens (including phenoxy) is 1. The van der Waals surface area contributed by atoms with E-state index in [9.17, 15) is 8.42 Å². The van der Waals surface area contributed by atoms with E-state index in [4.69, 9.17) is 27.9 Å². The van der Waals surface area contributed by atoms with E-state index in [1.165, 1.54) is 6.26 Å². The maximum Gasteiger partial charge on any atom is 0.179 e. The van der Waals surface area contributed by atoms with Crippen LogP contribution in [0.2, 0.25) is 10.0 Å². The van der Waals surface area contributed by atoms with Gasteiger partial charge >= 0.3 is 0 Å². The highest BCUT2D eigenvalue weighted by Gasteiger charge is 2.40. The van der Waals surface area contributed by atoms with Gasteiger partial charge in [-0.15, -0.1) is 0 Å². The number of hydrogen-bond acceptors (Lipinski definition) is 5. The van der Waals surface area contributed by atoms with Crippen molar-refractivity contribution >= 4 is 33.0 Å². The Kier molecular flexibility index (Phi) is 5.60. The first-order valence-corrected chi connectivity index (χ1v) is 11.9. The number of nitrogens with one attached hydrogen (secondary N) is 1. The van der Waals surface area contributed by atoms with Crippen LogP contribution in [0.4, 0.5) is 0 Å². The smallest absolute Gasteiger partial charge is 0.179 e. The highest BCUT2D eigenvalue weighted by molar-refractivity contribution is 7.90. The first kappa shape index (κ1) is 20.0. The summed E-state index contributed by atoms with van der Waals surface area (Å²) in [6.45, 7) is 3.62. The molecule has 1 heterocycles. The molecule has 4 rings (SSSR count). The number of rotatable bonds is 4. The molecule has 0 aromatic heterocycles. The Bertz CT molecular complexity index is 991. The third-order valence-corrected chi connectivity index (χ3v) is 7.08. The number of benzene rings is 2. The average molecular weight is 441 g/mol. The monoisotopic (exact) mass is 440 g/mol. The Hall–Kier alpha value is -1.31. The second kappa shape index (κ2) is 7.84. The molecular formula is C20H22Cl2N2O3S. The van der Waals surface area contributed by atoms with Crippen LogP contribution in [0.5, 0.6) is 5.75 Å². The molecule has 0 spiro atoms. The zero-order valence-electron chi connectivity index (χ0n) is 15.5. The number of hydrogen-bond donors (Lipinski definition) is 1. The Morgan fingerprint density at radius 3 is 2.57 bits per heavy atom. The molecule has 8 heteroatoms. The molecule has 2 atom stereocenters. The number of nitrogens with zero attached hydrogens (tertiary/aromatic N) is 1. The van der Waals surface area contributed by atoms with Crippen molar-refractivity contribution in [2.45, 2.75) is 23.5 Å². The third kappa shape index (κ3) is 3.89. The predicted octanol–water partition coefficient (Wildman–Crippen LogP) is 3.35. The lowest BCUT2D eigenvalue weighted by atomic mass is 10.1. The number of piperazine rings is 1. The summed E-state index contributed by atoms with van der Waals surface area (Å²) in [5, 5.41) is 4.54. The maximum atomic E-state index is 12.2. The van der Waals surface area contributed by atoms with E-state index >= 15 is 0 Å². The van der Waals surface area contributed by atoms with Crippen LogP contribution in [0, 0.1) is 0 Å².